The molecule has 2 rings (SSSR count). The van der Waals surface area contributed by atoms with E-state index in [1.807, 2.05) is 42.7 Å². The molecule has 4 nitrogen and oxygen atoms in total. The van der Waals surface area contributed by atoms with Gasteiger partial charge in [-0.3, -0.25) is 4.57 Å². The minimum absolute atomic E-state index is 0.341. The molecule has 0 N–H and O–H groups in total. The lowest BCUT2D eigenvalue weighted by Gasteiger charge is -2.08. The van der Waals surface area contributed by atoms with Crippen LogP contribution in [-0.2, 0) is 5.88 Å². The maximum absolute atomic E-state index is 5.83. The van der Waals surface area contributed by atoms with E-state index >= 15 is 0 Å². The Hall–Kier alpha value is -1.55. The molecule has 0 unspecified atom stereocenters. The van der Waals surface area contributed by atoms with Crippen LogP contribution in [0.25, 0.3) is 5.69 Å². The Balaban J connectivity index is 2.36. The van der Waals surface area contributed by atoms with Crippen LogP contribution in [0.1, 0.15) is 18.6 Å². The van der Waals surface area contributed by atoms with Gasteiger partial charge in [-0.25, -0.2) is 0 Å². The Morgan fingerprint density at radius 3 is 2.53 bits per heavy atom. The summed E-state index contributed by atoms with van der Waals surface area (Å²) in [6.45, 7) is 4.53. The quantitative estimate of drug-likeness (QED) is 0.785. The van der Waals surface area contributed by atoms with Crippen LogP contribution in [0.4, 0.5) is 0 Å². The maximum atomic E-state index is 5.83. The molecule has 0 bridgehead atoms. The first kappa shape index (κ1) is 11.9. The van der Waals surface area contributed by atoms with Gasteiger partial charge in [0.1, 0.15) is 11.6 Å². The van der Waals surface area contributed by atoms with Crippen molar-refractivity contribution in [1.29, 1.82) is 0 Å². The first-order valence-electron chi connectivity index (χ1n) is 5.46. The minimum Gasteiger partial charge on any atom is -0.494 e. The number of benzene rings is 1. The number of aryl methyl sites for hydroxylation is 1. The smallest absolute Gasteiger partial charge is 0.152 e. The third-order valence-corrected chi connectivity index (χ3v) is 2.66. The zero-order valence-electron chi connectivity index (χ0n) is 9.85. The number of ether oxygens (including phenoxy) is 1. The fourth-order valence-corrected chi connectivity index (χ4v) is 1.86. The molecule has 0 aliphatic rings. The van der Waals surface area contributed by atoms with E-state index in [1.165, 1.54) is 0 Å². The molecule has 17 heavy (non-hydrogen) atoms. The molecule has 1 aromatic heterocycles. The molecular weight excluding hydrogens is 238 g/mol. The fraction of sp³-hybridized carbons (Fsp3) is 0.333. The number of aromatic nitrogens is 3. The lowest BCUT2D eigenvalue weighted by molar-refractivity contribution is 0.340. The Bertz CT molecular complexity index is 493. The second kappa shape index (κ2) is 5.19. The standard InChI is InChI=1S/C12H14ClN3O/c1-3-17-11-6-4-10(5-7-11)16-9(2)14-15-12(16)8-13/h4-7H,3,8H2,1-2H3. The lowest BCUT2D eigenvalue weighted by Crippen LogP contribution is -2.01. The van der Waals surface area contributed by atoms with E-state index in [1.54, 1.807) is 0 Å². The van der Waals surface area contributed by atoms with Gasteiger partial charge in [-0.2, -0.15) is 0 Å². The molecule has 0 fully saturated rings. The summed E-state index contributed by atoms with van der Waals surface area (Å²) in [6.07, 6.45) is 0. The molecule has 2 aromatic rings. The minimum atomic E-state index is 0.341. The van der Waals surface area contributed by atoms with Crippen LogP contribution in [0.3, 0.4) is 0 Å². The molecular formula is C12H14ClN3O. The molecule has 0 atom stereocenters. The molecule has 1 heterocycles. The van der Waals surface area contributed by atoms with Crippen molar-refractivity contribution >= 4 is 11.6 Å². The van der Waals surface area contributed by atoms with Crippen molar-refractivity contribution in [3.05, 3.63) is 35.9 Å². The molecule has 1 aromatic carbocycles. The molecule has 0 aliphatic heterocycles. The predicted molar refractivity (Wildman–Crippen MR) is 66.8 cm³/mol. The fourth-order valence-electron chi connectivity index (χ4n) is 1.69. The number of nitrogens with zero attached hydrogens (tertiary/aromatic N) is 3. The molecule has 0 aliphatic carbocycles. The Morgan fingerprint density at radius 1 is 1.24 bits per heavy atom. The highest BCUT2D eigenvalue weighted by atomic mass is 35.5. The molecule has 0 saturated heterocycles. The average molecular weight is 252 g/mol. The van der Waals surface area contributed by atoms with E-state index < -0.39 is 0 Å². The molecule has 0 radical (unpaired) electrons. The van der Waals surface area contributed by atoms with Crippen molar-refractivity contribution in [3.63, 3.8) is 0 Å². The zero-order valence-corrected chi connectivity index (χ0v) is 10.6. The molecule has 0 amide bonds. The van der Waals surface area contributed by atoms with Crippen molar-refractivity contribution in [1.82, 2.24) is 14.8 Å². The van der Waals surface area contributed by atoms with Gasteiger partial charge in [0.25, 0.3) is 0 Å². The van der Waals surface area contributed by atoms with Crippen molar-refractivity contribution in [2.24, 2.45) is 0 Å². The molecule has 0 saturated carbocycles. The van der Waals surface area contributed by atoms with Crippen LogP contribution in [-0.4, -0.2) is 21.4 Å². The van der Waals surface area contributed by atoms with Gasteiger partial charge in [-0.05, 0) is 38.1 Å². The average Bonchev–Trinajstić information content (AvgIpc) is 2.72. The van der Waals surface area contributed by atoms with Gasteiger partial charge >= 0.3 is 0 Å². The van der Waals surface area contributed by atoms with Gasteiger partial charge < -0.3 is 4.74 Å². The Morgan fingerprint density at radius 2 is 1.94 bits per heavy atom. The van der Waals surface area contributed by atoms with Crippen LogP contribution in [0.5, 0.6) is 5.75 Å². The van der Waals surface area contributed by atoms with Crippen molar-refractivity contribution in [2.75, 3.05) is 6.61 Å². The molecule has 5 heteroatoms. The van der Waals surface area contributed by atoms with E-state index in [4.69, 9.17) is 16.3 Å². The van der Waals surface area contributed by atoms with Crippen molar-refractivity contribution in [2.45, 2.75) is 19.7 Å². The highest BCUT2D eigenvalue weighted by molar-refractivity contribution is 6.16. The van der Waals surface area contributed by atoms with Crippen molar-refractivity contribution in [3.8, 4) is 11.4 Å². The third kappa shape index (κ3) is 2.42. The largest absolute Gasteiger partial charge is 0.494 e. The summed E-state index contributed by atoms with van der Waals surface area (Å²) in [4.78, 5) is 0. The lowest BCUT2D eigenvalue weighted by atomic mass is 10.3. The van der Waals surface area contributed by atoms with Crippen molar-refractivity contribution < 1.29 is 4.74 Å². The van der Waals surface area contributed by atoms with Crippen LogP contribution in [0, 0.1) is 6.92 Å². The second-order valence-corrected chi connectivity index (χ2v) is 3.83. The third-order valence-electron chi connectivity index (χ3n) is 2.42. The number of halogens is 1. The van der Waals surface area contributed by atoms with Gasteiger partial charge in [-0.1, -0.05) is 0 Å². The summed E-state index contributed by atoms with van der Waals surface area (Å²) < 4.78 is 7.33. The van der Waals surface area contributed by atoms with Gasteiger partial charge in [-0.15, -0.1) is 21.8 Å². The Kier molecular flexibility index (Phi) is 3.64. The van der Waals surface area contributed by atoms with E-state index in [0.29, 0.717) is 12.5 Å². The summed E-state index contributed by atoms with van der Waals surface area (Å²) in [5.74, 6) is 2.76. The van der Waals surface area contributed by atoms with Gasteiger partial charge in [0.2, 0.25) is 0 Å². The van der Waals surface area contributed by atoms with E-state index in [9.17, 15) is 0 Å². The van der Waals surface area contributed by atoms with Gasteiger partial charge in [0.15, 0.2) is 5.82 Å². The highest BCUT2D eigenvalue weighted by Gasteiger charge is 2.09. The van der Waals surface area contributed by atoms with E-state index in [2.05, 4.69) is 10.2 Å². The topological polar surface area (TPSA) is 39.9 Å². The SMILES string of the molecule is CCOc1ccc(-n2c(C)nnc2CCl)cc1. The van der Waals surface area contributed by atoms with Crippen LogP contribution in [0.15, 0.2) is 24.3 Å². The summed E-state index contributed by atoms with van der Waals surface area (Å²) in [6, 6.07) is 7.79. The van der Waals surface area contributed by atoms with Gasteiger partial charge in [0, 0.05) is 5.69 Å². The molecule has 90 valence electrons. The summed E-state index contributed by atoms with van der Waals surface area (Å²) in [5.41, 5.74) is 0.992. The van der Waals surface area contributed by atoms with Crippen LogP contribution in [0.2, 0.25) is 0 Å². The summed E-state index contributed by atoms with van der Waals surface area (Å²) >= 11 is 5.83. The number of hydrogen-bond acceptors (Lipinski definition) is 3. The first-order chi connectivity index (χ1) is 8.26. The predicted octanol–water partition coefficient (Wildman–Crippen LogP) is 2.71. The monoisotopic (exact) mass is 251 g/mol. The second-order valence-electron chi connectivity index (χ2n) is 3.56. The maximum Gasteiger partial charge on any atom is 0.152 e. The van der Waals surface area contributed by atoms with Crippen LogP contribution < -0.4 is 4.74 Å². The van der Waals surface area contributed by atoms with Gasteiger partial charge in [0.05, 0.1) is 12.5 Å². The normalized spacial score (nSPS) is 10.5. The van der Waals surface area contributed by atoms with E-state index in [0.717, 1.165) is 23.1 Å². The zero-order chi connectivity index (χ0) is 12.3. The number of alkyl halides is 1. The summed E-state index contributed by atoms with van der Waals surface area (Å²) in [5, 5.41) is 8.04. The first-order valence-corrected chi connectivity index (χ1v) is 5.99. The Labute approximate surface area is 105 Å². The van der Waals surface area contributed by atoms with Crippen LogP contribution >= 0.6 is 11.6 Å². The number of hydrogen-bond donors (Lipinski definition) is 0. The summed E-state index contributed by atoms with van der Waals surface area (Å²) in [7, 11) is 0. The molecule has 0 spiro atoms. The number of rotatable bonds is 4. The van der Waals surface area contributed by atoms with E-state index in [-0.39, 0.29) is 0 Å². The highest BCUT2D eigenvalue weighted by Crippen LogP contribution is 2.18.